The number of hydrogen-bond donors (Lipinski definition) is 3. The van der Waals surface area contributed by atoms with Crippen LogP contribution in [0.25, 0.3) is 5.57 Å². The van der Waals surface area contributed by atoms with Crippen molar-refractivity contribution in [3.63, 3.8) is 0 Å². The maximum atomic E-state index is 12.0. The first kappa shape index (κ1) is 28.0. The van der Waals surface area contributed by atoms with E-state index in [1.807, 2.05) is 13.8 Å². The van der Waals surface area contributed by atoms with E-state index < -0.39 is 25.5 Å². The number of sulfonamides is 1. The van der Waals surface area contributed by atoms with Crippen LogP contribution < -0.4 is 14.2 Å². The van der Waals surface area contributed by atoms with Crippen LogP contribution in [0.2, 0.25) is 0 Å². The molecule has 33 heavy (non-hydrogen) atoms. The molecule has 9 heteroatoms. The summed E-state index contributed by atoms with van der Waals surface area (Å²) in [7, 11) is -6.67. The van der Waals surface area contributed by atoms with Crippen LogP contribution in [-0.4, -0.2) is 41.7 Å². The van der Waals surface area contributed by atoms with Gasteiger partial charge in [0.05, 0.1) is 5.25 Å². The lowest BCUT2D eigenvalue weighted by atomic mass is 9.80. The third kappa shape index (κ3) is 9.48. The normalized spacial score (nSPS) is 18.5. The summed E-state index contributed by atoms with van der Waals surface area (Å²) in [6.45, 7) is 10.7. The highest BCUT2D eigenvalue weighted by Gasteiger charge is 2.23. The Morgan fingerprint density at radius 2 is 1.58 bits per heavy atom. The molecule has 2 unspecified atom stereocenters. The summed E-state index contributed by atoms with van der Waals surface area (Å²) in [5.74, 6) is 1.03. The van der Waals surface area contributed by atoms with Crippen LogP contribution in [0.15, 0.2) is 30.3 Å². The van der Waals surface area contributed by atoms with Crippen LogP contribution in [0, 0.1) is 17.8 Å². The Labute approximate surface area is 201 Å². The lowest BCUT2D eigenvalue weighted by molar-refractivity contribution is 0.334. The molecule has 0 aliphatic heterocycles. The van der Waals surface area contributed by atoms with Crippen molar-refractivity contribution in [1.29, 1.82) is 0 Å². The molecule has 188 valence electrons. The first-order valence-corrected chi connectivity index (χ1v) is 14.9. The minimum atomic E-state index is -3.45. The second-order valence-corrected chi connectivity index (χ2v) is 13.7. The van der Waals surface area contributed by atoms with Crippen LogP contribution in [0.3, 0.4) is 0 Å². The molecule has 0 spiro atoms. The zero-order valence-corrected chi connectivity index (χ0v) is 22.2. The number of benzene rings is 1. The maximum Gasteiger partial charge on any atom is 0.276 e. The van der Waals surface area contributed by atoms with Gasteiger partial charge in [-0.25, -0.2) is 22.6 Å². The van der Waals surface area contributed by atoms with E-state index >= 15 is 0 Å². The minimum absolute atomic E-state index is 0.263. The third-order valence-electron chi connectivity index (χ3n) is 6.20. The van der Waals surface area contributed by atoms with E-state index in [2.05, 4.69) is 51.4 Å². The average Bonchev–Trinajstić information content (AvgIpc) is 2.76. The molecule has 0 fully saturated rings. The zero-order chi connectivity index (χ0) is 24.6. The molecular weight excluding hydrogens is 458 g/mol. The van der Waals surface area contributed by atoms with E-state index in [0.29, 0.717) is 32.0 Å². The highest BCUT2D eigenvalue weighted by Crippen LogP contribution is 2.34. The predicted molar refractivity (Wildman–Crippen MR) is 136 cm³/mol. The van der Waals surface area contributed by atoms with Crippen molar-refractivity contribution >= 4 is 25.8 Å². The molecule has 1 aromatic rings. The van der Waals surface area contributed by atoms with Gasteiger partial charge in [0, 0.05) is 19.6 Å². The lowest BCUT2D eigenvalue weighted by Gasteiger charge is -2.28. The van der Waals surface area contributed by atoms with Crippen molar-refractivity contribution in [1.82, 2.24) is 14.2 Å². The predicted octanol–water partition coefficient (Wildman–Crippen LogP) is 3.46. The van der Waals surface area contributed by atoms with Crippen LogP contribution >= 0.6 is 0 Å². The molecule has 0 bridgehead atoms. The highest BCUT2D eigenvalue weighted by atomic mass is 32.2. The van der Waals surface area contributed by atoms with Gasteiger partial charge in [0.2, 0.25) is 10.0 Å². The van der Waals surface area contributed by atoms with Gasteiger partial charge in [-0.1, -0.05) is 51.1 Å². The van der Waals surface area contributed by atoms with Gasteiger partial charge in [0.1, 0.15) is 0 Å². The maximum absolute atomic E-state index is 12.0. The van der Waals surface area contributed by atoms with Gasteiger partial charge < -0.3 is 0 Å². The van der Waals surface area contributed by atoms with Crippen LogP contribution in [-0.2, 0) is 26.7 Å². The molecule has 1 aliphatic carbocycles. The molecule has 7 nitrogen and oxygen atoms in total. The first-order valence-electron chi connectivity index (χ1n) is 11.9. The zero-order valence-electron chi connectivity index (χ0n) is 20.6. The standard InChI is InChI=1S/C24H41N3O4S2/c1-18(2)16-27-33(30,31)25-15-14-21-6-8-23(9-7-21)24-12-10-22(11-13-24)20(5)17-26-32(28,29)19(3)4/h6-9,12,18-20,22,25-27H,10-11,13-17H2,1-5H3. The molecular formula is C24H41N3O4S2. The molecule has 0 radical (unpaired) electrons. The van der Waals surface area contributed by atoms with Crippen molar-refractivity contribution in [3.8, 4) is 0 Å². The SMILES string of the molecule is CC(C)CNS(=O)(=O)NCCc1ccc(C2=CCC(C(C)CNS(=O)(=O)C(C)C)CC2)cc1. The molecule has 0 saturated heterocycles. The fourth-order valence-electron chi connectivity index (χ4n) is 3.76. The summed E-state index contributed by atoms with van der Waals surface area (Å²) in [5, 5.41) is -0.410. The van der Waals surface area contributed by atoms with Gasteiger partial charge in [0.25, 0.3) is 10.2 Å². The summed E-state index contributed by atoms with van der Waals surface area (Å²) in [6.07, 6.45) is 5.89. The van der Waals surface area contributed by atoms with Crippen molar-refractivity contribution in [2.75, 3.05) is 19.6 Å². The Morgan fingerprint density at radius 3 is 2.12 bits per heavy atom. The van der Waals surface area contributed by atoms with Crippen molar-refractivity contribution in [2.45, 2.75) is 65.6 Å². The fraction of sp³-hybridized carbons (Fsp3) is 0.667. The van der Waals surface area contributed by atoms with Crippen LogP contribution in [0.4, 0.5) is 0 Å². The summed E-state index contributed by atoms with van der Waals surface area (Å²) in [6, 6.07) is 8.32. The molecule has 2 atom stereocenters. The number of allylic oxidation sites excluding steroid dienone is 2. The summed E-state index contributed by atoms with van der Waals surface area (Å²) >= 11 is 0. The van der Waals surface area contributed by atoms with Gasteiger partial charge in [-0.05, 0) is 74.0 Å². The number of nitrogens with one attached hydrogen (secondary N) is 3. The highest BCUT2D eigenvalue weighted by molar-refractivity contribution is 7.90. The molecule has 0 amide bonds. The Balaban J connectivity index is 1.82. The third-order valence-corrected chi connectivity index (χ3v) is 9.14. The quantitative estimate of drug-likeness (QED) is 0.387. The molecule has 3 N–H and O–H groups in total. The average molecular weight is 500 g/mol. The molecule has 0 heterocycles. The van der Waals surface area contributed by atoms with Crippen LogP contribution in [0.1, 0.15) is 65.0 Å². The molecule has 0 aromatic heterocycles. The Morgan fingerprint density at radius 1 is 0.909 bits per heavy atom. The molecule has 1 aromatic carbocycles. The minimum Gasteiger partial charge on any atom is -0.215 e. The van der Waals surface area contributed by atoms with Crippen molar-refractivity contribution < 1.29 is 16.8 Å². The topological polar surface area (TPSA) is 104 Å². The van der Waals surface area contributed by atoms with Gasteiger partial charge in [0.15, 0.2) is 0 Å². The Bertz CT molecular complexity index is 985. The summed E-state index contributed by atoms with van der Waals surface area (Å²) in [4.78, 5) is 0. The Kier molecular flexibility index (Phi) is 10.6. The van der Waals surface area contributed by atoms with E-state index in [9.17, 15) is 16.8 Å². The van der Waals surface area contributed by atoms with Crippen molar-refractivity contribution in [3.05, 3.63) is 41.5 Å². The second-order valence-electron chi connectivity index (χ2n) is 9.77. The Hall–Kier alpha value is -1.26. The van der Waals surface area contributed by atoms with E-state index in [-0.39, 0.29) is 11.8 Å². The lowest BCUT2D eigenvalue weighted by Crippen LogP contribution is -2.39. The van der Waals surface area contributed by atoms with Gasteiger partial charge in [-0.2, -0.15) is 8.42 Å². The monoisotopic (exact) mass is 499 g/mol. The van der Waals surface area contributed by atoms with E-state index in [1.165, 1.54) is 11.1 Å². The summed E-state index contributed by atoms with van der Waals surface area (Å²) in [5.41, 5.74) is 3.61. The van der Waals surface area contributed by atoms with Gasteiger partial charge >= 0.3 is 0 Å². The van der Waals surface area contributed by atoms with E-state index in [1.54, 1.807) is 13.8 Å². The fourth-order valence-corrected chi connectivity index (χ4v) is 5.61. The molecule has 2 rings (SSSR count). The number of rotatable bonds is 13. The number of hydrogen-bond acceptors (Lipinski definition) is 4. The van der Waals surface area contributed by atoms with E-state index in [0.717, 1.165) is 24.8 Å². The molecule has 0 saturated carbocycles. The largest absolute Gasteiger partial charge is 0.276 e. The summed E-state index contributed by atoms with van der Waals surface area (Å²) < 4.78 is 55.7. The van der Waals surface area contributed by atoms with Crippen molar-refractivity contribution in [2.24, 2.45) is 17.8 Å². The van der Waals surface area contributed by atoms with E-state index in [4.69, 9.17) is 0 Å². The molecule has 1 aliphatic rings. The van der Waals surface area contributed by atoms with Crippen LogP contribution in [0.5, 0.6) is 0 Å². The first-order chi connectivity index (χ1) is 15.4. The van der Waals surface area contributed by atoms with Gasteiger partial charge in [-0.15, -0.1) is 0 Å². The smallest absolute Gasteiger partial charge is 0.215 e. The van der Waals surface area contributed by atoms with Gasteiger partial charge in [-0.3, -0.25) is 0 Å². The second kappa shape index (κ2) is 12.4.